The largest absolute Gasteiger partial charge is 0.495 e. The molecule has 2 fully saturated rings. The summed E-state index contributed by atoms with van der Waals surface area (Å²) in [5.74, 6) is 1.14. The van der Waals surface area contributed by atoms with E-state index in [-0.39, 0.29) is 11.7 Å². The van der Waals surface area contributed by atoms with E-state index in [0.29, 0.717) is 37.8 Å². The Balaban J connectivity index is 1.48. The number of aromatic nitrogens is 2. The first-order chi connectivity index (χ1) is 13.3. The van der Waals surface area contributed by atoms with E-state index >= 15 is 4.39 Å². The number of nitrogens with zero attached hydrogens (tertiary/aromatic N) is 4. The summed E-state index contributed by atoms with van der Waals surface area (Å²) in [5.41, 5.74) is 1.61. The van der Waals surface area contributed by atoms with Crippen molar-refractivity contribution in [1.82, 2.24) is 9.97 Å². The van der Waals surface area contributed by atoms with E-state index in [1.165, 1.54) is 6.33 Å². The molecule has 7 heteroatoms. The van der Waals surface area contributed by atoms with Gasteiger partial charge in [-0.15, -0.1) is 0 Å². The summed E-state index contributed by atoms with van der Waals surface area (Å²) in [6.45, 7) is 4.33. The molecule has 27 heavy (non-hydrogen) atoms. The van der Waals surface area contributed by atoms with Crippen molar-refractivity contribution in [3.05, 3.63) is 42.1 Å². The van der Waals surface area contributed by atoms with Gasteiger partial charge in [0, 0.05) is 45.3 Å². The molecule has 4 rings (SSSR count). The summed E-state index contributed by atoms with van der Waals surface area (Å²) in [5, 5.41) is 0. The van der Waals surface area contributed by atoms with Crippen LogP contribution in [-0.4, -0.2) is 56.5 Å². The highest BCUT2D eigenvalue weighted by molar-refractivity contribution is 5.59. The number of hydrogen-bond donors (Lipinski definition) is 0. The van der Waals surface area contributed by atoms with Crippen molar-refractivity contribution in [2.24, 2.45) is 0 Å². The fourth-order valence-corrected chi connectivity index (χ4v) is 3.90. The van der Waals surface area contributed by atoms with Crippen LogP contribution in [0.1, 0.15) is 24.5 Å². The molecule has 6 nitrogen and oxygen atoms in total. The summed E-state index contributed by atoms with van der Waals surface area (Å²) in [4.78, 5) is 12.8. The molecular weight excluding hydrogens is 347 g/mol. The summed E-state index contributed by atoms with van der Waals surface area (Å²) >= 11 is 0. The van der Waals surface area contributed by atoms with Gasteiger partial charge < -0.3 is 19.3 Å². The first kappa shape index (κ1) is 18.0. The fraction of sp³-hybridized carbons (Fsp3) is 0.500. The Bertz CT molecular complexity index is 774. The molecule has 0 unspecified atom stereocenters. The van der Waals surface area contributed by atoms with Crippen LogP contribution < -0.4 is 14.5 Å². The van der Waals surface area contributed by atoms with Crippen LogP contribution in [0.3, 0.4) is 0 Å². The Morgan fingerprint density at radius 1 is 1.04 bits per heavy atom. The zero-order valence-corrected chi connectivity index (χ0v) is 15.6. The molecule has 144 valence electrons. The Hall–Kier alpha value is -2.41. The van der Waals surface area contributed by atoms with E-state index in [1.807, 2.05) is 23.1 Å². The Morgan fingerprint density at radius 3 is 2.48 bits per heavy atom. The fourth-order valence-electron chi connectivity index (χ4n) is 3.90. The number of rotatable bonds is 4. The number of piperazine rings is 1. The highest BCUT2D eigenvalue weighted by Gasteiger charge is 2.27. The van der Waals surface area contributed by atoms with E-state index in [9.17, 15) is 0 Å². The number of halogens is 1. The van der Waals surface area contributed by atoms with Gasteiger partial charge in [-0.05, 0) is 25.0 Å². The summed E-state index contributed by atoms with van der Waals surface area (Å²) in [6.07, 6.45) is 3.12. The SMILES string of the molecule is COc1ccccc1N1CCN(c2ncnc(C3CCOCC3)c2F)CC1. The van der Waals surface area contributed by atoms with Gasteiger partial charge in [-0.1, -0.05) is 12.1 Å². The molecule has 2 saturated heterocycles. The quantitative estimate of drug-likeness (QED) is 0.823. The van der Waals surface area contributed by atoms with Gasteiger partial charge in [-0.2, -0.15) is 0 Å². The second-order valence-corrected chi connectivity index (χ2v) is 6.93. The van der Waals surface area contributed by atoms with Crippen LogP contribution in [0.25, 0.3) is 0 Å². The number of para-hydroxylation sites is 2. The normalized spacial score (nSPS) is 18.6. The molecule has 0 amide bonds. The minimum atomic E-state index is -0.268. The molecule has 0 spiro atoms. The average Bonchev–Trinajstić information content (AvgIpc) is 2.75. The molecular formula is C20H25FN4O2. The zero-order chi connectivity index (χ0) is 18.6. The smallest absolute Gasteiger partial charge is 0.187 e. The Morgan fingerprint density at radius 2 is 1.74 bits per heavy atom. The molecule has 0 bridgehead atoms. The highest BCUT2D eigenvalue weighted by atomic mass is 19.1. The van der Waals surface area contributed by atoms with Crippen LogP contribution in [-0.2, 0) is 4.74 Å². The van der Waals surface area contributed by atoms with Gasteiger partial charge in [-0.3, -0.25) is 0 Å². The van der Waals surface area contributed by atoms with E-state index in [0.717, 1.165) is 37.4 Å². The van der Waals surface area contributed by atoms with Crippen molar-refractivity contribution in [2.45, 2.75) is 18.8 Å². The second-order valence-electron chi connectivity index (χ2n) is 6.93. The summed E-state index contributed by atoms with van der Waals surface area (Å²) < 4.78 is 26.0. The summed E-state index contributed by atoms with van der Waals surface area (Å²) in [7, 11) is 1.68. The Kier molecular flexibility index (Phi) is 5.38. The van der Waals surface area contributed by atoms with Gasteiger partial charge in [0.15, 0.2) is 11.6 Å². The average molecular weight is 372 g/mol. The minimum Gasteiger partial charge on any atom is -0.495 e. The third-order valence-corrected chi connectivity index (χ3v) is 5.41. The van der Waals surface area contributed by atoms with Crippen LogP contribution in [0.15, 0.2) is 30.6 Å². The number of methoxy groups -OCH3 is 1. The lowest BCUT2D eigenvalue weighted by atomic mass is 9.96. The molecule has 0 radical (unpaired) electrons. The standard InChI is InChI=1S/C20H25FN4O2/c1-26-17-5-3-2-4-16(17)24-8-10-25(11-9-24)20-18(21)19(22-14-23-20)15-6-12-27-13-7-15/h2-5,14-15H,6-13H2,1H3. The third-order valence-electron chi connectivity index (χ3n) is 5.41. The van der Waals surface area contributed by atoms with Gasteiger partial charge in [0.25, 0.3) is 0 Å². The highest BCUT2D eigenvalue weighted by Crippen LogP contribution is 2.32. The maximum atomic E-state index is 15.1. The third kappa shape index (κ3) is 3.69. The molecule has 0 N–H and O–H groups in total. The van der Waals surface area contributed by atoms with Crippen LogP contribution in [0.4, 0.5) is 15.9 Å². The maximum absolute atomic E-state index is 15.1. The Labute approximate surface area is 158 Å². The number of hydrogen-bond acceptors (Lipinski definition) is 6. The van der Waals surface area contributed by atoms with Crippen LogP contribution >= 0.6 is 0 Å². The maximum Gasteiger partial charge on any atom is 0.187 e. The van der Waals surface area contributed by atoms with E-state index < -0.39 is 0 Å². The lowest BCUT2D eigenvalue weighted by Crippen LogP contribution is -2.47. The van der Waals surface area contributed by atoms with E-state index in [4.69, 9.17) is 9.47 Å². The van der Waals surface area contributed by atoms with Crippen molar-refractivity contribution >= 4 is 11.5 Å². The van der Waals surface area contributed by atoms with Crippen molar-refractivity contribution in [3.63, 3.8) is 0 Å². The first-order valence-electron chi connectivity index (χ1n) is 9.49. The lowest BCUT2D eigenvalue weighted by molar-refractivity contribution is 0.0836. The van der Waals surface area contributed by atoms with Gasteiger partial charge in [-0.25, -0.2) is 14.4 Å². The predicted octanol–water partition coefficient (Wildman–Crippen LogP) is 2.84. The van der Waals surface area contributed by atoms with E-state index in [1.54, 1.807) is 7.11 Å². The second kappa shape index (κ2) is 8.08. The van der Waals surface area contributed by atoms with E-state index in [2.05, 4.69) is 20.9 Å². The molecule has 2 aliphatic heterocycles. The van der Waals surface area contributed by atoms with Crippen LogP contribution in [0.2, 0.25) is 0 Å². The molecule has 0 aliphatic carbocycles. The molecule has 2 aliphatic rings. The molecule has 1 aromatic carbocycles. The van der Waals surface area contributed by atoms with Crippen LogP contribution in [0, 0.1) is 5.82 Å². The topological polar surface area (TPSA) is 50.7 Å². The van der Waals surface area contributed by atoms with Crippen molar-refractivity contribution < 1.29 is 13.9 Å². The minimum absolute atomic E-state index is 0.121. The van der Waals surface area contributed by atoms with Crippen molar-refractivity contribution in [1.29, 1.82) is 0 Å². The molecule has 3 heterocycles. The predicted molar refractivity (Wildman–Crippen MR) is 102 cm³/mol. The van der Waals surface area contributed by atoms with Gasteiger partial charge in [0.1, 0.15) is 12.1 Å². The van der Waals surface area contributed by atoms with Gasteiger partial charge in [0.05, 0.1) is 18.5 Å². The van der Waals surface area contributed by atoms with Gasteiger partial charge >= 0.3 is 0 Å². The van der Waals surface area contributed by atoms with Gasteiger partial charge in [0.2, 0.25) is 0 Å². The van der Waals surface area contributed by atoms with Crippen molar-refractivity contribution in [3.8, 4) is 5.75 Å². The number of benzene rings is 1. The van der Waals surface area contributed by atoms with Crippen LogP contribution in [0.5, 0.6) is 5.75 Å². The lowest BCUT2D eigenvalue weighted by Gasteiger charge is -2.37. The monoisotopic (exact) mass is 372 g/mol. The molecule has 0 atom stereocenters. The molecule has 1 aromatic heterocycles. The first-order valence-corrected chi connectivity index (χ1v) is 9.49. The number of anilines is 2. The number of ether oxygens (including phenoxy) is 2. The van der Waals surface area contributed by atoms with Crippen molar-refractivity contribution in [2.75, 3.05) is 56.3 Å². The molecule has 2 aromatic rings. The zero-order valence-electron chi connectivity index (χ0n) is 15.6. The molecule has 0 saturated carbocycles. The summed E-state index contributed by atoms with van der Waals surface area (Å²) in [6, 6.07) is 8.00.